The van der Waals surface area contributed by atoms with Crippen molar-refractivity contribution in [1.82, 2.24) is 15.5 Å². The number of benzene rings is 1. The Bertz CT molecular complexity index is 736. The van der Waals surface area contributed by atoms with Crippen molar-refractivity contribution in [3.8, 4) is 0 Å². The summed E-state index contributed by atoms with van der Waals surface area (Å²) in [5.74, 6) is 0.518. The standard InChI is InChI=1S/C22H35F3N4O2.HI/c1-5-26-19(28-15-21(4,30)16-29-9-11-31-12-10-29)27-14-20(2,3)17-7-6-8-18(13-17)22(23,24)25;/h6-8,13,30H,5,9-12,14-16H2,1-4H3,(H2,26,27,28);1H. The monoisotopic (exact) mass is 572 g/mol. The van der Waals surface area contributed by atoms with Gasteiger partial charge in [0.25, 0.3) is 0 Å². The van der Waals surface area contributed by atoms with Gasteiger partial charge in [-0.3, -0.25) is 9.89 Å². The lowest BCUT2D eigenvalue weighted by Gasteiger charge is -2.33. The van der Waals surface area contributed by atoms with Crippen molar-refractivity contribution < 1.29 is 23.0 Å². The van der Waals surface area contributed by atoms with Crippen molar-refractivity contribution >= 4 is 29.9 Å². The molecule has 184 valence electrons. The van der Waals surface area contributed by atoms with Gasteiger partial charge in [-0.15, -0.1) is 24.0 Å². The van der Waals surface area contributed by atoms with Crippen LogP contribution in [0.3, 0.4) is 0 Å². The first-order chi connectivity index (χ1) is 14.4. The Kier molecular flexibility index (Phi) is 11.2. The molecule has 1 fully saturated rings. The average molecular weight is 572 g/mol. The van der Waals surface area contributed by atoms with Crippen molar-refractivity contribution in [3.05, 3.63) is 35.4 Å². The van der Waals surface area contributed by atoms with Crippen molar-refractivity contribution in [2.45, 2.75) is 44.9 Å². The number of aliphatic imine (C=N–C) groups is 1. The Labute approximate surface area is 206 Å². The van der Waals surface area contributed by atoms with E-state index >= 15 is 0 Å². The topological polar surface area (TPSA) is 69.1 Å². The quantitative estimate of drug-likeness (QED) is 0.254. The zero-order valence-electron chi connectivity index (χ0n) is 19.3. The second-order valence-corrected chi connectivity index (χ2v) is 8.90. The third-order valence-corrected chi connectivity index (χ3v) is 5.26. The fraction of sp³-hybridized carbons (Fsp3) is 0.682. The SMILES string of the molecule is CCNC(=NCC(C)(O)CN1CCOCC1)NCC(C)(C)c1cccc(C(F)(F)F)c1.I. The molecule has 3 N–H and O–H groups in total. The molecular formula is C22H36F3IN4O2. The van der Waals surface area contributed by atoms with Gasteiger partial charge in [-0.25, -0.2) is 0 Å². The molecule has 0 saturated carbocycles. The Hall–Kier alpha value is -1.11. The lowest BCUT2D eigenvalue weighted by Crippen LogP contribution is -2.48. The number of hydrogen-bond donors (Lipinski definition) is 3. The minimum absolute atomic E-state index is 0. The molecule has 0 bridgehead atoms. The van der Waals surface area contributed by atoms with E-state index in [0.717, 1.165) is 19.2 Å². The third-order valence-electron chi connectivity index (χ3n) is 5.26. The summed E-state index contributed by atoms with van der Waals surface area (Å²) in [6.07, 6.45) is -4.37. The summed E-state index contributed by atoms with van der Waals surface area (Å²) in [6.45, 7) is 12.0. The molecule has 1 unspecified atom stereocenters. The number of morpholine rings is 1. The van der Waals surface area contributed by atoms with Crippen LogP contribution in [0.15, 0.2) is 29.3 Å². The second kappa shape index (κ2) is 12.4. The molecule has 1 heterocycles. The molecule has 1 saturated heterocycles. The van der Waals surface area contributed by atoms with Crippen LogP contribution in [0.25, 0.3) is 0 Å². The number of ether oxygens (including phenoxy) is 1. The first-order valence-electron chi connectivity index (χ1n) is 10.7. The number of rotatable bonds is 8. The predicted octanol–water partition coefficient (Wildman–Crippen LogP) is 3.24. The molecule has 32 heavy (non-hydrogen) atoms. The molecule has 0 amide bonds. The molecule has 1 aliphatic rings. The maximum absolute atomic E-state index is 13.1. The van der Waals surface area contributed by atoms with Crippen molar-refractivity contribution in [2.24, 2.45) is 4.99 Å². The fourth-order valence-electron chi connectivity index (χ4n) is 3.41. The summed E-state index contributed by atoms with van der Waals surface area (Å²) in [5.41, 5.74) is -1.63. The third kappa shape index (κ3) is 9.40. The van der Waals surface area contributed by atoms with Crippen LogP contribution in [0.2, 0.25) is 0 Å². The first-order valence-corrected chi connectivity index (χ1v) is 10.7. The highest BCUT2D eigenvalue weighted by atomic mass is 127. The molecule has 0 aliphatic carbocycles. The van der Waals surface area contributed by atoms with Gasteiger partial charge < -0.3 is 20.5 Å². The molecular weight excluding hydrogens is 536 g/mol. The fourth-order valence-corrected chi connectivity index (χ4v) is 3.41. The Morgan fingerprint density at radius 1 is 1.12 bits per heavy atom. The minimum atomic E-state index is -4.37. The number of alkyl halides is 3. The number of halogens is 4. The van der Waals surface area contributed by atoms with E-state index in [9.17, 15) is 18.3 Å². The molecule has 0 radical (unpaired) electrons. The summed E-state index contributed by atoms with van der Waals surface area (Å²) in [6, 6.07) is 5.41. The highest BCUT2D eigenvalue weighted by Crippen LogP contribution is 2.32. The summed E-state index contributed by atoms with van der Waals surface area (Å²) in [5, 5.41) is 17.1. The van der Waals surface area contributed by atoms with Crippen LogP contribution in [-0.2, 0) is 16.3 Å². The van der Waals surface area contributed by atoms with Crippen molar-refractivity contribution in [1.29, 1.82) is 0 Å². The highest BCUT2D eigenvalue weighted by molar-refractivity contribution is 14.0. The largest absolute Gasteiger partial charge is 0.416 e. The van der Waals surface area contributed by atoms with E-state index in [4.69, 9.17) is 4.74 Å². The lowest BCUT2D eigenvalue weighted by molar-refractivity contribution is -0.137. The molecule has 1 aliphatic heterocycles. The van der Waals surface area contributed by atoms with Crippen LogP contribution < -0.4 is 10.6 Å². The van der Waals surface area contributed by atoms with Crippen LogP contribution in [0, 0.1) is 0 Å². The molecule has 1 aromatic rings. The Morgan fingerprint density at radius 2 is 1.75 bits per heavy atom. The zero-order chi connectivity index (χ0) is 23.1. The Balaban J connectivity index is 0.00000512. The molecule has 6 nitrogen and oxygen atoms in total. The van der Waals surface area contributed by atoms with Crippen LogP contribution in [0.5, 0.6) is 0 Å². The summed E-state index contributed by atoms with van der Waals surface area (Å²) in [7, 11) is 0. The maximum atomic E-state index is 13.1. The number of guanidine groups is 1. The Morgan fingerprint density at radius 3 is 2.34 bits per heavy atom. The molecule has 0 spiro atoms. The van der Waals surface area contributed by atoms with Gasteiger partial charge >= 0.3 is 6.18 Å². The highest BCUT2D eigenvalue weighted by Gasteiger charge is 2.32. The van der Waals surface area contributed by atoms with E-state index in [-0.39, 0.29) is 30.5 Å². The van der Waals surface area contributed by atoms with Gasteiger partial charge in [-0.2, -0.15) is 13.2 Å². The number of nitrogens with zero attached hydrogens (tertiary/aromatic N) is 2. The van der Waals surface area contributed by atoms with Crippen LogP contribution >= 0.6 is 24.0 Å². The van der Waals surface area contributed by atoms with Gasteiger partial charge in [0.1, 0.15) is 0 Å². The van der Waals surface area contributed by atoms with E-state index in [2.05, 4.69) is 20.5 Å². The predicted molar refractivity (Wildman–Crippen MR) is 132 cm³/mol. The second-order valence-electron chi connectivity index (χ2n) is 8.90. The van der Waals surface area contributed by atoms with Gasteiger partial charge in [0.2, 0.25) is 0 Å². The molecule has 1 aromatic carbocycles. The van der Waals surface area contributed by atoms with Gasteiger partial charge in [0.15, 0.2) is 5.96 Å². The first kappa shape index (κ1) is 28.9. The van der Waals surface area contributed by atoms with Crippen molar-refractivity contribution in [2.75, 3.05) is 52.5 Å². The van der Waals surface area contributed by atoms with Gasteiger partial charge in [-0.05, 0) is 25.5 Å². The molecule has 1 atom stereocenters. The summed E-state index contributed by atoms with van der Waals surface area (Å²) in [4.78, 5) is 6.66. The number of hydrogen-bond acceptors (Lipinski definition) is 4. The van der Waals surface area contributed by atoms with E-state index in [1.54, 1.807) is 13.0 Å². The normalized spacial score (nSPS) is 17.9. The van der Waals surface area contributed by atoms with E-state index in [1.807, 2.05) is 20.8 Å². The van der Waals surface area contributed by atoms with Gasteiger partial charge in [0.05, 0.1) is 30.9 Å². The average Bonchev–Trinajstić information content (AvgIpc) is 2.70. The number of aliphatic hydroxyl groups is 1. The van der Waals surface area contributed by atoms with E-state index < -0.39 is 22.8 Å². The summed E-state index contributed by atoms with van der Waals surface area (Å²) < 4.78 is 44.6. The van der Waals surface area contributed by atoms with Gasteiger partial charge in [-0.1, -0.05) is 32.0 Å². The van der Waals surface area contributed by atoms with E-state index in [0.29, 0.717) is 44.4 Å². The summed E-state index contributed by atoms with van der Waals surface area (Å²) >= 11 is 0. The smallest absolute Gasteiger partial charge is 0.387 e. The van der Waals surface area contributed by atoms with Crippen LogP contribution in [-0.4, -0.2) is 74.0 Å². The van der Waals surface area contributed by atoms with Crippen LogP contribution in [0.1, 0.15) is 38.8 Å². The zero-order valence-corrected chi connectivity index (χ0v) is 21.6. The molecule has 2 rings (SSSR count). The number of β-amino-alcohol motifs (C(OH)–C–C–N with tert-alkyl or cyclic N) is 1. The van der Waals surface area contributed by atoms with Crippen molar-refractivity contribution in [3.63, 3.8) is 0 Å². The molecule has 10 heteroatoms. The van der Waals surface area contributed by atoms with Gasteiger partial charge in [0, 0.05) is 38.1 Å². The maximum Gasteiger partial charge on any atom is 0.416 e. The lowest BCUT2D eigenvalue weighted by atomic mass is 9.84. The number of nitrogens with one attached hydrogen (secondary N) is 2. The minimum Gasteiger partial charge on any atom is -0.387 e. The van der Waals surface area contributed by atoms with E-state index in [1.165, 1.54) is 12.1 Å². The molecule has 0 aromatic heterocycles. The van der Waals surface area contributed by atoms with Crippen LogP contribution in [0.4, 0.5) is 13.2 Å².